The van der Waals surface area contributed by atoms with Crippen LogP contribution in [-0.2, 0) is 5.60 Å². The Balaban J connectivity index is 2.35. The van der Waals surface area contributed by atoms with Crippen LogP contribution in [0.25, 0.3) is 0 Å². The number of hydrogen-bond donors (Lipinski definition) is 2. The van der Waals surface area contributed by atoms with Crippen molar-refractivity contribution >= 4 is 17.4 Å². The Hall–Kier alpha value is -0.740. The monoisotopic (exact) mass is 210 g/mol. The Kier molecular flexibility index (Phi) is 2.41. The molecule has 2 heterocycles. The van der Waals surface area contributed by atoms with Crippen molar-refractivity contribution < 1.29 is 5.11 Å². The first-order chi connectivity index (χ1) is 6.62. The number of nitrogens with two attached hydrogens (primary N) is 1. The van der Waals surface area contributed by atoms with Gasteiger partial charge >= 0.3 is 0 Å². The largest absolute Gasteiger partial charge is 0.398 e. The lowest BCUT2D eigenvalue weighted by molar-refractivity contribution is 0.0616. The second kappa shape index (κ2) is 3.44. The SMILES string of the molecule is CC1CC(O)(c2cnccc2N)CS1. The van der Waals surface area contributed by atoms with Gasteiger partial charge < -0.3 is 10.8 Å². The predicted molar refractivity (Wildman–Crippen MR) is 59.1 cm³/mol. The van der Waals surface area contributed by atoms with Gasteiger partial charge in [0.1, 0.15) is 5.60 Å². The Labute approximate surface area is 87.7 Å². The smallest absolute Gasteiger partial charge is 0.103 e. The van der Waals surface area contributed by atoms with Gasteiger partial charge in [-0.2, -0.15) is 11.8 Å². The van der Waals surface area contributed by atoms with E-state index in [0.717, 1.165) is 12.0 Å². The molecule has 2 atom stereocenters. The van der Waals surface area contributed by atoms with E-state index in [9.17, 15) is 5.11 Å². The number of thioether (sulfide) groups is 1. The Morgan fingerprint density at radius 2 is 2.50 bits per heavy atom. The minimum atomic E-state index is -0.775. The molecule has 0 radical (unpaired) electrons. The summed E-state index contributed by atoms with van der Waals surface area (Å²) in [7, 11) is 0. The van der Waals surface area contributed by atoms with E-state index in [0.29, 0.717) is 16.7 Å². The van der Waals surface area contributed by atoms with Crippen molar-refractivity contribution in [1.29, 1.82) is 0 Å². The average molecular weight is 210 g/mol. The summed E-state index contributed by atoms with van der Waals surface area (Å²) in [6.07, 6.45) is 4.08. The fourth-order valence-corrected chi connectivity index (χ4v) is 3.08. The molecule has 1 aliphatic heterocycles. The molecule has 1 aliphatic rings. The van der Waals surface area contributed by atoms with E-state index in [1.807, 2.05) is 0 Å². The maximum absolute atomic E-state index is 10.4. The maximum atomic E-state index is 10.4. The zero-order valence-corrected chi connectivity index (χ0v) is 8.92. The molecule has 2 unspecified atom stereocenters. The number of nitrogens with zero attached hydrogens (tertiary/aromatic N) is 1. The first kappa shape index (κ1) is 9.80. The summed E-state index contributed by atoms with van der Waals surface area (Å²) in [6, 6.07) is 1.74. The van der Waals surface area contributed by atoms with E-state index in [-0.39, 0.29) is 0 Å². The van der Waals surface area contributed by atoms with Crippen LogP contribution in [0.1, 0.15) is 18.9 Å². The molecule has 0 amide bonds. The summed E-state index contributed by atoms with van der Waals surface area (Å²) in [4.78, 5) is 4.01. The lowest BCUT2D eigenvalue weighted by Crippen LogP contribution is -2.27. The molecule has 14 heavy (non-hydrogen) atoms. The van der Waals surface area contributed by atoms with Gasteiger partial charge in [-0.05, 0) is 12.5 Å². The van der Waals surface area contributed by atoms with Gasteiger partial charge in [-0.25, -0.2) is 0 Å². The van der Waals surface area contributed by atoms with E-state index in [1.165, 1.54) is 0 Å². The molecule has 4 heteroatoms. The lowest BCUT2D eigenvalue weighted by Gasteiger charge is -2.23. The van der Waals surface area contributed by atoms with Crippen LogP contribution >= 0.6 is 11.8 Å². The Morgan fingerprint density at radius 1 is 1.71 bits per heavy atom. The fourth-order valence-electron chi connectivity index (χ4n) is 1.86. The summed E-state index contributed by atoms with van der Waals surface area (Å²) in [5.41, 5.74) is 6.46. The molecule has 0 saturated carbocycles. The van der Waals surface area contributed by atoms with Crippen LogP contribution in [-0.4, -0.2) is 21.1 Å². The molecule has 3 nitrogen and oxygen atoms in total. The zero-order chi connectivity index (χ0) is 10.2. The number of aliphatic hydroxyl groups is 1. The minimum Gasteiger partial charge on any atom is -0.398 e. The lowest BCUT2D eigenvalue weighted by atomic mass is 9.92. The molecule has 0 spiro atoms. The second-order valence-corrected chi connectivity index (χ2v) is 5.25. The highest BCUT2D eigenvalue weighted by Gasteiger charge is 2.38. The van der Waals surface area contributed by atoms with Crippen LogP contribution < -0.4 is 5.73 Å². The molecule has 0 bridgehead atoms. The second-order valence-electron chi connectivity index (χ2n) is 3.82. The Morgan fingerprint density at radius 3 is 3.07 bits per heavy atom. The molecule has 0 aromatic carbocycles. The molecule has 76 valence electrons. The van der Waals surface area contributed by atoms with E-state index in [4.69, 9.17) is 5.73 Å². The third-order valence-corrected chi connectivity index (χ3v) is 3.97. The minimum absolute atomic E-state index is 0.486. The number of aromatic nitrogens is 1. The van der Waals surface area contributed by atoms with Crippen molar-refractivity contribution in [3.8, 4) is 0 Å². The van der Waals surface area contributed by atoms with E-state index in [1.54, 1.807) is 30.2 Å². The summed E-state index contributed by atoms with van der Waals surface area (Å²) in [5.74, 6) is 0.712. The highest BCUT2D eigenvalue weighted by atomic mass is 32.2. The fraction of sp³-hybridized carbons (Fsp3) is 0.500. The van der Waals surface area contributed by atoms with E-state index < -0.39 is 5.60 Å². The van der Waals surface area contributed by atoms with Gasteiger partial charge in [-0.15, -0.1) is 0 Å². The van der Waals surface area contributed by atoms with Crippen molar-refractivity contribution in [3.63, 3.8) is 0 Å². The third-order valence-electron chi connectivity index (χ3n) is 2.59. The highest BCUT2D eigenvalue weighted by Crippen LogP contribution is 2.42. The zero-order valence-electron chi connectivity index (χ0n) is 8.10. The molecule has 0 aliphatic carbocycles. The molecule has 2 rings (SSSR count). The average Bonchev–Trinajstić information content (AvgIpc) is 2.48. The number of hydrogen-bond acceptors (Lipinski definition) is 4. The van der Waals surface area contributed by atoms with Crippen molar-refractivity contribution in [2.75, 3.05) is 11.5 Å². The van der Waals surface area contributed by atoms with Gasteiger partial charge in [0.25, 0.3) is 0 Å². The summed E-state index contributed by atoms with van der Waals surface area (Å²) in [5, 5.41) is 10.9. The molecule has 1 aromatic rings. The number of anilines is 1. The predicted octanol–water partition coefficient (Wildman–Crippen LogP) is 1.38. The summed E-state index contributed by atoms with van der Waals surface area (Å²) >= 11 is 1.77. The standard InChI is InChI=1S/C10H14N2OS/c1-7-4-10(13,6-14-7)8-5-12-3-2-9(8)11/h2-3,5,7,13H,4,6H2,1H3,(H2,11,12). The van der Waals surface area contributed by atoms with Crippen LogP contribution in [0.2, 0.25) is 0 Å². The molecule has 1 saturated heterocycles. The Bertz CT molecular complexity index is 345. The van der Waals surface area contributed by atoms with Gasteiger partial charge in [0.15, 0.2) is 0 Å². The van der Waals surface area contributed by atoms with Crippen LogP contribution in [0, 0.1) is 0 Å². The molecule has 1 aromatic heterocycles. The van der Waals surface area contributed by atoms with Crippen LogP contribution in [0.15, 0.2) is 18.5 Å². The highest BCUT2D eigenvalue weighted by molar-refractivity contribution is 8.00. The van der Waals surface area contributed by atoms with Crippen LogP contribution in [0.4, 0.5) is 5.69 Å². The number of nitrogen functional groups attached to an aromatic ring is 1. The first-order valence-corrected chi connectivity index (χ1v) is 5.71. The molecular formula is C10H14N2OS. The van der Waals surface area contributed by atoms with Gasteiger partial charge in [0.2, 0.25) is 0 Å². The van der Waals surface area contributed by atoms with Gasteiger partial charge in [0, 0.05) is 34.6 Å². The molecule has 3 N–H and O–H groups in total. The van der Waals surface area contributed by atoms with Gasteiger partial charge in [-0.3, -0.25) is 4.98 Å². The van der Waals surface area contributed by atoms with E-state index in [2.05, 4.69) is 11.9 Å². The number of pyridine rings is 1. The van der Waals surface area contributed by atoms with Crippen molar-refractivity contribution in [3.05, 3.63) is 24.0 Å². The number of rotatable bonds is 1. The van der Waals surface area contributed by atoms with Gasteiger partial charge in [-0.1, -0.05) is 6.92 Å². The summed E-state index contributed by atoms with van der Waals surface area (Å²) < 4.78 is 0. The summed E-state index contributed by atoms with van der Waals surface area (Å²) in [6.45, 7) is 2.12. The van der Waals surface area contributed by atoms with Crippen molar-refractivity contribution in [1.82, 2.24) is 4.98 Å². The topological polar surface area (TPSA) is 59.1 Å². The quantitative estimate of drug-likeness (QED) is 0.735. The van der Waals surface area contributed by atoms with Gasteiger partial charge in [0.05, 0.1) is 0 Å². The molecular weight excluding hydrogens is 196 g/mol. The normalized spacial score (nSPS) is 32.0. The van der Waals surface area contributed by atoms with Crippen molar-refractivity contribution in [2.24, 2.45) is 0 Å². The first-order valence-electron chi connectivity index (χ1n) is 4.66. The van der Waals surface area contributed by atoms with E-state index >= 15 is 0 Å². The maximum Gasteiger partial charge on any atom is 0.103 e. The third kappa shape index (κ3) is 1.60. The van der Waals surface area contributed by atoms with Crippen molar-refractivity contribution in [2.45, 2.75) is 24.2 Å². The van der Waals surface area contributed by atoms with Crippen LogP contribution in [0.5, 0.6) is 0 Å². The van der Waals surface area contributed by atoms with Crippen LogP contribution in [0.3, 0.4) is 0 Å². The molecule has 1 fully saturated rings.